The molecular formula is C12H16ClNO3S. The molecule has 0 aliphatic carbocycles. The predicted octanol–water partition coefficient (Wildman–Crippen LogP) is 1.88. The zero-order valence-electron chi connectivity index (χ0n) is 9.92. The molecule has 1 atom stereocenters. The van der Waals surface area contributed by atoms with Crippen LogP contribution in [0.4, 0.5) is 0 Å². The summed E-state index contributed by atoms with van der Waals surface area (Å²) in [5.74, 6) is 0. The number of benzene rings is 1. The summed E-state index contributed by atoms with van der Waals surface area (Å²) in [6.07, 6.45) is 2.46. The van der Waals surface area contributed by atoms with Gasteiger partial charge in [-0.2, -0.15) is 4.31 Å². The van der Waals surface area contributed by atoms with E-state index in [4.69, 9.17) is 11.6 Å². The Bertz CT molecular complexity index is 518. The Balaban J connectivity index is 2.39. The number of halogens is 1. The van der Waals surface area contributed by atoms with Crippen molar-refractivity contribution in [1.29, 1.82) is 0 Å². The molecule has 18 heavy (non-hydrogen) atoms. The highest BCUT2D eigenvalue weighted by molar-refractivity contribution is 7.89. The van der Waals surface area contributed by atoms with E-state index in [9.17, 15) is 13.5 Å². The molecule has 0 radical (unpaired) electrons. The number of sulfonamides is 1. The molecule has 1 N–H and O–H groups in total. The summed E-state index contributed by atoms with van der Waals surface area (Å²) in [5.41, 5.74) is 0. The van der Waals surface area contributed by atoms with Crippen LogP contribution in [-0.4, -0.2) is 37.0 Å². The predicted molar refractivity (Wildman–Crippen MR) is 70.1 cm³/mol. The van der Waals surface area contributed by atoms with E-state index in [1.165, 1.54) is 10.4 Å². The van der Waals surface area contributed by atoms with Gasteiger partial charge in [0.1, 0.15) is 4.90 Å². The van der Waals surface area contributed by atoms with E-state index in [0.29, 0.717) is 13.0 Å². The van der Waals surface area contributed by atoms with Crippen molar-refractivity contribution in [2.45, 2.75) is 30.2 Å². The Kier molecular flexibility index (Phi) is 4.27. The number of hydrogen-bond acceptors (Lipinski definition) is 3. The first-order valence-corrected chi connectivity index (χ1v) is 7.76. The molecule has 4 nitrogen and oxygen atoms in total. The van der Waals surface area contributed by atoms with E-state index >= 15 is 0 Å². The van der Waals surface area contributed by atoms with Crippen LogP contribution in [0.15, 0.2) is 29.2 Å². The highest BCUT2D eigenvalue weighted by atomic mass is 35.5. The molecule has 0 spiro atoms. The smallest absolute Gasteiger partial charge is 0.244 e. The van der Waals surface area contributed by atoms with Crippen LogP contribution in [0.3, 0.4) is 0 Å². The van der Waals surface area contributed by atoms with E-state index in [0.717, 1.165) is 12.8 Å². The van der Waals surface area contributed by atoms with Crippen LogP contribution in [0.2, 0.25) is 5.02 Å². The molecule has 2 rings (SSSR count). The quantitative estimate of drug-likeness (QED) is 0.924. The van der Waals surface area contributed by atoms with Crippen molar-refractivity contribution in [3.8, 4) is 0 Å². The van der Waals surface area contributed by atoms with Gasteiger partial charge in [-0.1, -0.05) is 30.2 Å². The van der Waals surface area contributed by atoms with Crippen LogP contribution in [0, 0.1) is 0 Å². The minimum absolute atomic E-state index is 0.118. The maximum atomic E-state index is 12.5. The summed E-state index contributed by atoms with van der Waals surface area (Å²) in [7, 11) is -3.61. The van der Waals surface area contributed by atoms with Gasteiger partial charge in [0.15, 0.2) is 0 Å². The Morgan fingerprint density at radius 2 is 2.06 bits per heavy atom. The summed E-state index contributed by atoms with van der Waals surface area (Å²) in [5, 5.41) is 9.52. The minimum atomic E-state index is -3.61. The molecule has 0 bridgehead atoms. The summed E-state index contributed by atoms with van der Waals surface area (Å²) < 4.78 is 26.4. The molecule has 1 unspecified atom stereocenters. The van der Waals surface area contributed by atoms with Crippen LogP contribution in [0.25, 0.3) is 0 Å². The SMILES string of the molecule is O=S(=O)(c1ccccc1Cl)N1CCCCC1CO. The molecule has 100 valence electrons. The van der Waals surface area contributed by atoms with E-state index < -0.39 is 10.0 Å². The zero-order chi connectivity index (χ0) is 13.2. The van der Waals surface area contributed by atoms with E-state index in [-0.39, 0.29) is 22.6 Å². The number of aliphatic hydroxyl groups excluding tert-OH is 1. The second-order valence-electron chi connectivity index (χ2n) is 4.38. The maximum absolute atomic E-state index is 12.5. The number of rotatable bonds is 3. The lowest BCUT2D eigenvalue weighted by Gasteiger charge is -2.33. The first-order valence-electron chi connectivity index (χ1n) is 5.94. The van der Waals surface area contributed by atoms with E-state index in [2.05, 4.69) is 0 Å². The molecule has 1 aromatic rings. The van der Waals surface area contributed by atoms with Gasteiger partial charge in [-0.3, -0.25) is 0 Å². The fourth-order valence-corrected chi connectivity index (χ4v) is 4.43. The summed E-state index contributed by atoms with van der Waals surface area (Å²) in [4.78, 5) is 0.118. The van der Waals surface area contributed by atoms with Gasteiger partial charge in [0.25, 0.3) is 0 Å². The second kappa shape index (κ2) is 5.57. The van der Waals surface area contributed by atoms with E-state index in [1.54, 1.807) is 18.2 Å². The van der Waals surface area contributed by atoms with Crippen molar-refractivity contribution < 1.29 is 13.5 Å². The topological polar surface area (TPSA) is 57.6 Å². The minimum Gasteiger partial charge on any atom is -0.395 e. The van der Waals surface area contributed by atoms with Crippen LogP contribution in [0.5, 0.6) is 0 Å². The van der Waals surface area contributed by atoms with Gasteiger partial charge in [-0.15, -0.1) is 0 Å². The van der Waals surface area contributed by atoms with Gasteiger partial charge in [-0.25, -0.2) is 8.42 Å². The normalized spacial score (nSPS) is 22.0. The molecule has 0 saturated carbocycles. The molecule has 1 aliphatic heterocycles. The third-order valence-electron chi connectivity index (χ3n) is 3.21. The Morgan fingerprint density at radius 1 is 1.33 bits per heavy atom. The van der Waals surface area contributed by atoms with Gasteiger partial charge in [0.05, 0.1) is 11.6 Å². The standard InChI is InChI=1S/C12H16ClNO3S/c13-11-6-1-2-7-12(11)18(16,17)14-8-4-3-5-10(14)9-15/h1-2,6-7,10,15H,3-5,8-9H2. The molecule has 1 aliphatic rings. The Morgan fingerprint density at radius 3 is 2.72 bits per heavy atom. The lowest BCUT2D eigenvalue weighted by atomic mass is 10.1. The van der Waals surface area contributed by atoms with Gasteiger partial charge >= 0.3 is 0 Å². The number of nitrogens with zero attached hydrogens (tertiary/aromatic N) is 1. The summed E-state index contributed by atoms with van der Waals surface area (Å²) in [6, 6.07) is 6.07. The molecule has 0 aromatic heterocycles. The van der Waals surface area contributed by atoms with Gasteiger partial charge in [0.2, 0.25) is 10.0 Å². The Labute approximate surface area is 112 Å². The molecule has 1 saturated heterocycles. The third-order valence-corrected chi connectivity index (χ3v) is 5.66. The number of piperidine rings is 1. The highest BCUT2D eigenvalue weighted by Gasteiger charge is 2.33. The van der Waals surface area contributed by atoms with Crippen LogP contribution >= 0.6 is 11.6 Å². The molecule has 1 heterocycles. The summed E-state index contributed by atoms with van der Waals surface area (Å²) in [6.45, 7) is 0.294. The van der Waals surface area contributed by atoms with Gasteiger partial charge in [0, 0.05) is 12.6 Å². The Hall–Kier alpha value is -0.620. The second-order valence-corrected chi connectivity index (χ2v) is 6.64. The lowest BCUT2D eigenvalue weighted by Crippen LogP contribution is -2.45. The van der Waals surface area contributed by atoms with Crippen LogP contribution in [0.1, 0.15) is 19.3 Å². The molecule has 0 amide bonds. The lowest BCUT2D eigenvalue weighted by molar-refractivity contribution is 0.155. The summed E-state index contributed by atoms with van der Waals surface area (Å²) >= 11 is 5.95. The zero-order valence-corrected chi connectivity index (χ0v) is 11.5. The van der Waals surface area contributed by atoms with Crippen molar-refractivity contribution in [2.75, 3.05) is 13.2 Å². The molecular weight excluding hydrogens is 274 g/mol. The van der Waals surface area contributed by atoms with Gasteiger partial charge in [-0.05, 0) is 25.0 Å². The molecule has 6 heteroatoms. The first-order chi connectivity index (χ1) is 8.57. The van der Waals surface area contributed by atoms with Crippen molar-refractivity contribution >= 4 is 21.6 Å². The van der Waals surface area contributed by atoms with Crippen LogP contribution < -0.4 is 0 Å². The fourth-order valence-electron chi connectivity index (χ4n) is 2.25. The van der Waals surface area contributed by atoms with Crippen molar-refractivity contribution in [3.63, 3.8) is 0 Å². The number of hydrogen-bond donors (Lipinski definition) is 1. The monoisotopic (exact) mass is 289 g/mol. The van der Waals surface area contributed by atoms with E-state index in [1.807, 2.05) is 0 Å². The first kappa shape index (κ1) is 13.8. The fraction of sp³-hybridized carbons (Fsp3) is 0.500. The highest BCUT2D eigenvalue weighted by Crippen LogP contribution is 2.29. The van der Waals surface area contributed by atoms with Gasteiger partial charge < -0.3 is 5.11 Å². The molecule has 1 fully saturated rings. The average molecular weight is 290 g/mol. The molecule has 1 aromatic carbocycles. The van der Waals surface area contributed by atoms with Crippen molar-refractivity contribution in [2.24, 2.45) is 0 Å². The third kappa shape index (κ3) is 2.54. The van der Waals surface area contributed by atoms with Crippen molar-refractivity contribution in [1.82, 2.24) is 4.31 Å². The maximum Gasteiger partial charge on any atom is 0.244 e. The van der Waals surface area contributed by atoms with Crippen LogP contribution in [-0.2, 0) is 10.0 Å². The number of aliphatic hydroxyl groups is 1. The van der Waals surface area contributed by atoms with Crippen molar-refractivity contribution in [3.05, 3.63) is 29.3 Å². The average Bonchev–Trinajstić information content (AvgIpc) is 2.39. The largest absolute Gasteiger partial charge is 0.395 e.